The van der Waals surface area contributed by atoms with Crippen molar-refractivity contribution in [3.8, 4) is 34.7 Å². The zero-order valence-electron chi connectivity index (χ0n) is 24.3. The molecule has 0 aliphatic rings. The lowest BCUT2D eigenvalue weighted by molar-refractivity contribution is -0.142. The van der Waals surface area contributed by atoms with Crippen LogP contribution in [0.4, 0.5) is 27.6 Å². The molecule has 0 bridgehead atoms. The van der Waals surface area contributed by atoms with Crippen LogP contribution in [0, 0.1) is 18.6 Å². The fraction of sp³-hybridized carbons (Fsp3) is 0.167. The number of aryl methyl sites for hydroxylation is 1. The molecule has 0 saturated heterocycles. The van der Waals surface area contributed by atoms with Crippen LogP contribution in [0.5, 0.6) is 29.0 Å². The van der Waals surface area contributed by atoms with Gasteiger partial charge in [0.2, 0.25) is 0 Å². The molecule has 0 unspecified atom stereocenters. The first-order valence-corrected chi connectivity index (χ1v) is 13.1. The summed E-state index contributed by atoms with van der Waals surface area (Å²) in [4.78, 5) is 38.2. The highest BCUT2D eigenvalue weighted by Crippen LogP contribution is 2.36. The Morgan fingerprint density at radius 2 is 1.65 bits per heavy atom. The van der Waals surface area contributed by atoms with Crippen molar-refractivity contribution in [2.75, 3.05) is 26.6 Å². The Morgan fingerprint density at radius 1 is 0.891 bits per heavy atom. The first-order chi connectivity index (χ1) is 21.9. The van der Waals surface area contributed by atoms with Gasteiger partial charge in [-0.05, 0) is 42.8 Å². The molecule has 0 saturated carbocycles. The van der Waals surface area contributed by atoms with Crippen molar-refractivity contribution in [2.45, 2.75) is 13.1 Å². The van der Waals surface area contributed by atoms with Crippen LogP contribution in [0.25, 0.3) is 16.7 Å². The lowest BCUT2D eigenvalue weighted by Gasteiger charge is -2.18. The maximum atomic E-state index is 15.1. The average molecular weight is 644 g/mol. The highest BCUT2D eigenvalue weighted by molar-refractivity contribution is 6.04. The number of alkyl halides is 3. The predicted octanol–water partition coefficient (Wildman–Crippen LogP) is 5.85. The maximum Gasteiger partial charge on any atom is 0.431 e. The molecule has 5 aromatic rings. The summed E-state index contributed by atoms with van der Waals surface area (Å²) in [6.07, 6.45) is -3.19. The van der Waals surface area contributed by atoms with Crippen LogP contribution in [-0.4, -0.2) is 46.8 Å². The highest BCUT2D eigenvalue weighted by atomic mass is 19.4. The fourth-order valence-corrected chi connectivity index (χ4v) is 4.46. The van der Waals surface area contributed by atoms with Gasteiger partial charge in [-0.2, -0.15) is 13.2 Å². The second-order valence-corrected chi connectivity index (χ2v) is 9.49. The second kappa shape index (κ2) is 12.3. The number of nitrogens with one attached hydrogen (secondary N) is 1. The van der Waals surface area contributed by atoms with Gasteiger partial charge in [-0.25, -0.2) is 18.7 Å². The second-order valence-electron chi connectivity index (χ2n) is 9.49. The summed E-state index contributed by atoms with van der Waals surface area (Å²) in [5.41, 5.74) is -3.45. The van der Waals surface area contributed by atoms with Crippen molar-refractivity contribution in [2.24, 2.45) is 0 Å². The average Bonchev–Trinajstić information content (AvgIpc) is 3.02. The number of amides is 1. The molecule has 16 heteroatoms. The van der Waals surface area contributed by atoms with Gasteiger partial charge < -0.3 is 24.3 Å². The van der Waals surface area contributed by atoms with Gasteiger partial charge in [0, 0.05) is 12.1 Å². The number of pyridine rings is 4. The molecule has 5 rings (SSSR count). The number of rotatable bonds is 8. The third kappa shape index (κ3) is 5.96. The number of halogens is 5. The van der Waals surface area contributed by atoms with Crippen LogP contribution in [0.15, 0.2) is 59.7 Å². The number of hydrogen-bond acceptors (Lipinski definition) is 9. The number of methoxy groups -OCH3 is 3. The Hall–Kier alpha value is -5.80. The Morgan fingerprint density at radius 3 is 2.28 bits per heavy atom. The minimum Gasteiger partial charge on any atom is -0.497 e. The molecule has 0 fully saturated rings. The van der Waals surface area contributed by atoms with Gasteiger partial charge in [-0.1, -0.05) is 0 Å². The molecule has 0 aliphatic carbocycles. The number of anilines is 1. The van der Waals surface area contributed by atoms with Gasteiger partial charge in [0.15, 0.2) is 23.1 Å². The van der Waals surface area contributed by atoms with E-state index in [-0.39, 0.29) is 39.6 Å². The number of fused-ring (bicyclic) bond motifs is 1. The molecule has 1 aromatic carbocycles. The van der Waals surface area contributed by atoms with Crippen LogP contribution < -0.4 is 29.8 Å². The molecular formula is C30H22F5N5O6. The predicted molar refractivity (Wildman–Crippen MR) is 153 cm³/mol. The molecule has 0 radical (unpaired) electrons. The van der Waals surface area contributed by atoms with E-state index in [9.17, 15) is 27.2 Å². The minimum atomic E-state index is -4.95. The monoisotopic (exact) mass is 643 g/mol. The number of nitrogens with zero attached hydrogens (tertiary/aromatic N) is 4. The first kappa shape index (κ1) is 31.6. The Bertz CT molecular complexity index is 2050. The molecule has 46 heavy (non-hydrogen) atoms. The largest absolute Gasteiger partial charge is 0.497 e. The lowest BCUT2D eigenvalue weighted by atomic mass is 10.1. The van der Waals surface area contributed by atoms with Crippen molar-refractivity contribution >= 4 is 22.6 Å². The molecule has 0 spiro atoms. The summed E-state index contributed by atoms with van der Waals surface area (Å²) in [7, 11) is 4.04. The van der Waals surface area contributed by atoms with E-state index in [1.54, 1.807) is 0 Å². The minimum absolute atomic E-state index is 0.0248. The van der Waals surface area contributed by atoms with Gasteiger partial charge in [0.1, 0.15) is 22.5 Å². The van der Waals surface area contributed by atoms with Gasteiger partial charge in [-0.15, -0.1) is 0 Å². The number of carbonyl (C=O) groups excluding carboxylic acids is 1. The summed E-state index contributed by atoms with van der Waals surface area (Å²) in [6, 6.07) is 7.50. The summed E-state index contributed by atoms with van der Waals surface area (Å²) in [6.45, 7) is 1.47. The van der Waals surface area contributed by atoms with Crippen molar-refractivity contribution < 1.29 is 45.7 Å². The molecule has 238 valence electrons. The molecule has 0 aliphatic heterocycles. The third-order valence-electron chi connectivity index (χ3n) is 6.62. The quantitative estimate of drug-likeness (QED) is 0.207. The van der Waals surface area contributed by atoms with Crippen LogP contribution >= 0.6 is 0 Å². The van der Waals surface area contributed by atoms with Crippen molar-refractivity contribution in [1.82, 2.24) is 19.5 Å². The van der Waals surface area contributed by atoms with E-state index in [4.69, 9.17) is 18.9 Å². The van der Waals surface area contributed by atoms with Crippen molar-refractivity contribution in [3.63, 3.8) is 0 Å². The van der Waals surface area contributed by atoms with E-state index in [1.807, 2.05) is 0 Å². The van der Waals surface area contributed by atoms with Crippen LogP contribution in [0.3, 0.4) is 0 Å². The molecule has 4 aromatic heterocycles. The SMILES string of the molecule is COc1ccc(-n2c(C(F)(F)F)ccc(C(=O)Nc3cnc(Oc4c(F)cnc5cc(OC)c(OC)nc45)c(F)c3)c2=O)c(C)c1. The van der Waals surface area contributed by atoms with Crippen molar-refractivity contribution in [3.05, 3.63) is 93.7 Å². The number of ether oxygens (including phenoxy) is 4. The molecule has 1 amide bonds. The van der Waals surface area contributed by atoms with E-state index >= 15 is 4.39 Å². The molecule has 0 atom stereocenters. The van der Waals surface area contributed by atoms with E-state index in [0.29, 0.717) is 22.4 Å². The van der Waals surface area contributed by atoms with Crippen LogP contribution in [-0.2, 0) is 6.18 Å². The first-order valence-electron chi connectivity index (χ1n) is 13.1. The van der Waals surface area contributed by atoms with E-state index in [1.165, 1.54) is 52.5 Å². The molecule has 1 N–H and O–H groups in total. The van der Waals surface area contributed by atoms with Crippen LogP contribution in [0.1, 0.15) is 21.6 Å². The van der Waals surface area contributed by atoms with Gasteiger partial charge >= 0.3 is 6.18 Å². The number of aromatic nitrogens is 4. The van der Waals surface area contributed by atoms with Gasteiger partial charge in [0.05, 0.1) is 50.6 Å². The number of carbonyl (C=O) groups is 1. The highest BCUT2D eigenvalue weighted by Gasteiger charge is 2.36. The number of benzene rings is 1. The van der Waals surface area contributed by atoms with Crippen molar-refractivity contribution in [1.29, 1.82) is 0 Å². The summed E-state index contributed by atoms with van der Waals surface area (Å²) in [5, 5.41) is 2.23. The summed E-state index contributed by atoms with van der Waals surface area (Å²) >= 11 is 0. The standard InChI is InChI=1S/C30H22F5N5O6/c1-14-9-16(43-2)5-7-21(14)40-23(30(33,34)35)8-6-17(29(40)42)26(41)38-15-10-18(31)27(37-12-15)46-25-19(32)13-36-20-11-22(44-3)28(45-4)39-24(20)25/h5-13H,1-4H3,(H,38,41). The zero-order valence-corrected chi connectivity index (χ0v) is 24.3. The smallest absolute Gasteiger partial charge is 0.431 e. The Balaban J connectivity index is 1.47. The molecule has 11 nitrogen and oxygen atoms in total. The lowest BCUT2D eigenvalue weighted by Crippen LogP contribution is -2.33. The number of hydrogen-bond donors (Lipinski definition) is 1. The van der Waals surface area contributed by atoms with E-state index in [2.05, 4.69) is 20.3 Å². The van der Waals surface area contributed by atoms with E-state index in [0.717, 1.165) is 18.5 Å². The zero-order chi connectivity index (χ0) is 33.3. The van der Waals surface area contributed by atoms with Gasteiger partial charge in [-0.3, -0.25) is 19.1 Å². The third-order valence-corrected chi connectivity index (χ3v) is 6.62. The molecule has 4 heterocycles. The van der Waals surface area contributed by atoms with Gasteiger partial charge in [0.25, 0.3) is 23.2 Å². The summed E-state index contributed by atoms with van der Waals surface area (Å²) in [5.74, 6) is -4.05. The topological polar surface area (TPSA) is 127 Å². The maximum absolute atomic E-state index is 15.1. The Kier molecular flexibility index (Phi) is 8.45. The normalized spacial score (nSPS) is 11.3. The summed E-state index contributed by atoms with van der Waals surface area (Å²) < 4.78 is 92.7. The van der Waals surface area contributed by atoms with Crippen LogP contribution in [0.2, 0.25) is 0 Å². The Labute approximate surface area is 256 Å². The fourth-order valence-electron chi connectivity index (χ4n) is 4.46. The molecular weight excluding hydrogens is 621 g/mol. The van der Waals surface area contributed by atoms with E-state index < -0.39 is 52.2 Å².